The molecule has 1 N–H and O–H groups in total. The second kappa shape index (κ2) is 5.60. The van der Waals surface area contributed by atoms with Gasteiger partial charge >= 0.3 is 5.69 Å². The summed E-state index contributed by atoms with van der Waals surface area (Å²) in [6, 6.07) is 6.98. The minimum absolute atomic E-state index is 0.00921. The summed E-state index contributed by atoms with van der Waals surface area (Å²) in [5.74, 6) is -3.01. The highest BCUT2D eigenvalue weighted by Crippen LogP contribution is 2.20. The molecule has 0 heterocycles. The average molecular weight is 282 g/mol. The van der Waals surface area contributed by atoms with Crippen LogP contribution in [-0.2, 0) is 6.54 Å². The van der Waals surface area contributed by atoms with E-state index in [0.717, 1.165) is 18.2 Å². The molecule has 104 valence electrons. The Morgan fingerprint density at radius 1 is 1.10 bits per heavy atom. The SMILES string of the molecule is O=[N+]([O-])c1ccc(CNc2cccc(F)c2F)cc1F. The summed E-state index contributed by atoms with van der Waals surface area (Å²) in [7, 11) is 0. The number of hydrogen-bond donors (Lipinski definition) is 1. The molecule has 0 aromatic heterocycles. The Labute approximate surface area is 112 Å². The van der Waals surface area contributed by atoms with E-state index in [2.05, 4.69) is 5.32 Å². The van der Waals surface area contributed by atoms with Crippen molar-refractivity contribution in [1.82, 2.24) is 0 Å². The van der Waals surface area contributed by atoms with Crippen molar-refractivity contribution in [2.45, 2.75) is 6.54 Å². The summed E-state index contributed by atoms with van der Waals surface area (Å²) in [5, 5.41) is 13.0. The van der Waals surface area contributed by atoms with Gasteiger partial charge in [-0.25, -0.2) is 8.78 Å². The lowest BCUT2D eigenvalue weighted by Crippen LogP contribution is -2.03. The summed E-state index contributed by atoms with van der Waals surface area (Å²) in [5.41, 5.74) is -0.328. The van der Waals surface area contributed by atoms with Gasteiger partial charge in [-0.05, 0) is 23.8 Å². The highest BCUT2D eigenvalue weighted by atomic mass is 19.2. The van der Waals surface area contributed by atoms with E-state index in [4.69, 9.17) is 0 Å². The van der Waals surface area contributed by atoms with E-state index in [1.165, 1.54) is 18.2 Å². The van der Waals surface area contributed by atoms with Crippen molar-refractivity contribution in [3.05, 3.63) is 69.5 Å². The normalized spacial score (nSPS) is 10.3. The molecule has 2 aromatic rings. The Morgan fingerprint density at radius 3 is 2.50 bits per heavy atom. The minimum Gasteiger partial charge on any atom is -0.379 e. The molecule has 2 rings (SSSR count). The van der Waals surface area contributed by atoms with Crippen LogP contribution in [0.4, 0.5) is 24.5 Å². The molecule has 7 heteroatoms. The Bertz CT molecular complexity index is 662. The van der Waals surface area contributed by atoms with Gasteiger partial charge < -0.3 is 5.32 Å². The average Bonchev–Trinajstić information content (AvgIpc) is 2.40. The van der Waals surface area contributed by atoms with Gasteiger partial charge in [-0.3, -0.25) is 10.1 Å². The van der Waals surface area contributed by atoms with E-state index in [0.29, 0.717) is 5.56 Å². The van der Waals surface area contributed by atoms with Gasteiger partial charge in [-0.2, -0.15) is 4.39 Å². The summed E-state index contributed by atoms with van der Waals surface area (Å²) in [6.45, 7) is 0.00921. The van der Waals surface area contributed by atoms with Crippen LogP contribution in [0.5, 0.6) is 0 Å². The van der Waals surface area contributed by atoms with Crippen LogP contribution < -0.4 is 5.32 Å². The molecule has 0 aliphatic carbocycles. The fraction of sp³-hybridized carbons (Fsp3) is 0.0769. The first-order valence-corrected chi connectivity index (χ1v) is 5.59. The molecule has 0 aliphatic rings. The van der Waals surface area contributed by atoms with Crippen LogP contribution in [0, 0.1) is 27.6 Å². The molecule has 0 radical (unpaired) electrons. The summed E-state index contributed by atoms with van der Waals surface area (Å²) in [6.07, 6.45) is 0. The van der Waals surface area contributed by atoms with Crippen molar-refractivity contribution >= 4 is 11.4 Å². The Balaban J connectivity index is 2.13. The van der Waals surface area contributed by atoms with Gasteiger partial charge in [-0.15, -0.1) is 0 Å². The predicted octanol–water partition coefficient (Wildman–Crippen LogP) is 3.62. The second-order valence-electron chi connectivity index (χ2n) is 4.00. The third-order valence-electron chi connectivity index (χ3n) is 2.64. The number of nitrogens with one attached hydrogen (secondary N) is 1. The maximum atomic E-state index is 13.4. The third-order valence-corrected chi connectivity index (χ3v) is 2.64. The van der Waals surface area contributed by atoms with E-state index in [-0.39, 0.29) is 12.2 Å². The zero-order chi connectivity index (χ0) is 14.7. The third kappa shape index (κ3) is 2.87. The van der Waals surface area contributed by atoms with Crippen molar-refractivity contribution in [1.29, 1.82) is 0 Å². The zero-order valence-corrected chi connectivity index (χ0v) is 10.1. The molecule has 0 saturated heterocycles. The molecule has 2 aromatic carbocycles. The highest BCUT2D eigenvalue weighted by molar-refractivity contribution is 5.46. The number of rotatable bonds is 4. The Morgan fingerprint density at radius 2 is 1.85 bits per heavy atom. The molecule has 20 heavy (non-hydrogen) atoms. The molecule has 0 unspecified atom stereocenters. The van der Waals surface area contributed by atoms with E-state index in [9.17, 15) is 23.3 Å². The number of halogens is 3. The predicted molar refractivity (Wildman–Crippen MR) is 66.7 cm³/mol. The van der Waals surface area contributed by atoms with Crippen LogP contribution in [0.3, 0.4) is 0 Å². The molecule has 0 bridgehead atoms. The van der Waals surface area contributed by atoms with Crippen LogP contribution in [-0.4, -0.2) is 4.92 Å². The smallest absolute Gasteiger partial charge is 0.304 e. The first-order valence-electron chi connectivity index (χ1n) is 5.59. The Kier molecular flexibility index (Phi) is 3.88. The van der Waals surface area contributed by atoms with Crippen molar-refractivity contribution in [3.63, 3.8) is 0 Å². The first-order chi connectivity index (χ1) is 9.49. The number of nitro benzene ring substituents is 1. The van der Waals surface area contributed by atoms with Gasteiger partial charge in [0, 0.05) is 12.6 Å². The lowest BCUT2D eigenvalue weighted by Gasteiger charge is -2.08. The monoisotopic (exact) mass is 282 g/mol. The largest absolute Gasteiger partial charge is 0.379 e. The van der Waals surface area contributed by atoms with Crippen LogP contribution in [0.25, 0.3) is 0 Å². The number of nitro groups is 1. The number of nitrogens with zero attached hydrogens (tertiary/aromatic N) is 1. The molecule has 0 amide bonds. The lowest BCUT2D eigenvalue weighted by molar-refractivity contribution is -0.387. The van der Waals surface area contributed by atoms with Gasteiger partial charge in [0.15, 0.2) is 11.6 Å². The summed E-state index contributed by atoms with van der Waals surface area (Å²) >= 11 is 0. The van der Waals surface area contributed by atoms with Crippen LogP contribution in [0.2, 0.25) is 0 Å². The van der Waals surface area contributed by atoms with E-state index in [1.54, 1.807) is 0 Å². The molecule has 4 nitrogen and oxygen atoms in total. The fourth-order valence-electron chi connectivity index (χ4n) is 1.65. The fourth-order valence-corrected chi connectivity index (χ4v) is 1.65. The van der Waals surface area contributed by atoms with Crippen molar-refractivity contribution < 1.29 is 18.1 Å². The Hall–Kier alpha value is -2.57. The zero-order valence-electron chi connectivity index (χ0n) is 10.1. The quantitative estimate of drug-likeness (QED) is 0.688. The maximum Gasteiger partial charge on any atom is 0.304 e. The highest BCUT2D eigenvalue weighted by Gasteiger charge is 2.14. The summed E-state index contributed by atoms with van der Waals surface area (Å²) < 4.78 is 39.7. The van der Waals surface area contributed by atoms with Gasteiger partial charge in [-0.1, -0.05) is 12.1 Å². The molecule has 0 saturated carbocycles. The van der Waals surface area contributed by atoms with Crippen LogP contribution in [0.1, 0.15) is 5.56 Å². The topological polar surface area (TPSA) is 55.2 Å². The number of hydrogen-bond acceptors (Lipinski definition) is 3. The van der Waals surface area contributed by atoms with Crippen LogP contribution in [0.15, 0.2) is 36.4 Å². The number of benzene rings is 2. The number of anilines is 1. The summed E-state index contributed by atoms with van der Waals surface area (Å²) in [4.78, 5) is 9.62. The van der Waals surface area contributed by atoms with Gasteiger partial charge in [0.2, 0.25) is 5.82 Å². The van der Waals surface area contributed by atoms with Gasteiger partial charge in [0.05, 0.1) is 10.6 Å². The van der Waals surface area contributed by atoms with Crippen LogP contribution >= 0.6 is 0 Å². The molecule has 0 fully saturated rings. The van der Waals surface area contributed by atoms with Crippen molar-refractivity contribution in [3.8, 4) is 0 Å². The minimum atomic E-state index is -1.03. The maximum absolute atomic E-state index is 13.4. The first kappa shape index (κ1) is 13.9. The molecular weight excluding hydrogens is 273 g/mol. The second-order valence-corrected chi connectivity index (χ2v) is 4.00. The van der Waals surface area contributed by atoms with Crippen molar-refractivity contribution in [2.75, 3.05) is 5.32 Å². The molecule has 0 spiro atoms. The van der Waals surface area contributed by atoms with E-state index < -0.39 is 28.1 Å². The van der Waals surface area contributed by atoms with Gasteiger partial charge in [0.25, 0.3) is 0 Å². The van der Waals surface area contributed by atoms with Gasteiger partial charge in [0.1, 0.15) is 0 Å². The van der Waals surface area contributed by atoms with E-state index >= 15 is 0 Å². The molecular formula is C13H9F3N2O2. The molecule has 0 aliphatic heterocycles. The standard InChI is InChI=1S/C13H9F3N2O2/c14-9-2-1-3-11(13(9)16)17-7-8-4-5-12(18(19)20)10(15)6-8/h1-6,17H,7H2. The van der Waals surface area contributed by atoms with E-state index in [1.807, 2.05) is 0 Å². The molecule has 0 atom stereocenters. The van der Waals surface area contributed by atoms with Crippen molar-refractivity contribution in [2.24, 2.45) is 0 Å². The lowest BCUT2D eigenvalue weighted by atomic mass is 10.2.